The molecular formula is C16H22N2S2. The molecule has 0 aliphatic heterocycles. The predicted octanol–water partition coefficient (Wildman–Crippen LogP) is 4.82. The van der Waals surface area contributed by atoms with E-state index >= 15 is 0 Å². The average Bonchev–Trinajstić information content (AvgIpc) is 2.99. The van der Waals surface area contributed by atoms with Gasteiger partial charge in [-0.2, -0.15) is 0 Å². The summed E-state index contributed by atoms with van der Waals surface area (Å²) in [4.78, 5) is 9.89. The number of aromatic nitrogens is 1. The number of rotatable bonds is 7. The van der Waals surface area contributed by atoms with Gasteiger partial charge in [0.2, 0.25) is 0 Å². The Bertz CT molecular complexity index is 554. The summed E-state index contributed by atoms with van der Waals surface area (Å²) in [5.41, 5.74) is 1.20. The predicted molar refractivity (Wildman–Crippen MR) is 89.6 cm³/mol. The molecule has 4 heteroatoms. The van der Waals surface area contributed by atoms with Crippen LogP contribution in [0.25, 0.3) is 0 Å². The van der Waals surface area contributed by atoms with Gasteiger partial charge in [0.1, 0.15) is 5.01 Å². The van der Waals surface area contributed by atoms with Gasteiger partial charge in [-0.05, 0) is 25.0 Å². The van der Waals surface area contributed by atoms with Gasteiger partial charge >= 0.3 is 0 Å². The molecule has 0 spiro atoms. The quantitative estimate of drug-likeness (QED) is 0.681. The molecule has 0 aromatic carbocycles. The van der Waals surface area contributed by atoms with Crippen molar-refractivity contribution in [3.63, 3.8) is 0 Å². The van der Waals surface area contributed by atoms with E-state index in [0.29, 0.717) is 5.92 Å². The number of aryl methyl sites for hydroxylation is 1. The summed E-state index contributed by atoms with van der Waals surface area (Å²) in [5, 5.41) is 3.38. The van der Waals surface area contributed by atoms with Gasteiger partial charge in [-0.1, -0.05) is 19.9 Å². The van der Waals surface area contributed by atoms with Gasteiger partial charge in [-0.3, -0.25) is 4.90 Å². The Kier molecular flexibility index (Phi) is 5.52. The van der Waals surface area contributed by atoms with Crippen LogP contribution in [0.3, 0.4) is 0 Å². The van der Waals surface area contributed by atoms with Gasteiger partial charge < -0.3 is 0 Å². The summed E-state index contributed by atoms with van der Waals surface area (Å²) in [6.45, 7) is 13.2. The highest BCUT2D eigenvalue weighted by Crippen LogP contribution is 2.21. The van der Waals surface area contributed by atoms with E-state index in [1.165, 1.54) is 20.5 Å². The first kappa shape index (κ1) is 15.4. The second kappa shape index (κ2) is 7.16. The molecular weight excluding hydrogens is 284 g/mol. The standard InChI is InChI=1S/C16H22N2S2/c1-5-8-18(9-14-7-6-13(4)20-14)10-16-17-15(11-19-16)12(2)3/h5-7,11-12H,1,8-10H2,2-4H3. The molecule has 2 aromatic heterocycles. The molecule has 108 valence electrons. The number of hydrogen-bond acceptors (Lipinski definition) is 4. The zero-order valence-corrected chi connectivity index (χ0v) is 14.1. The van der Waals surface area contributed by atoms with Crippen LogP contribution in [-0.2, 0) is 13.1 Å². The Morgan fingerprint density at radius 2 is 2.15 bits per heavy atom. The van der Waals surface area contributed by atoms with Crippen molar-refractivity contribution in [2.24, 2.45) is 0 Å². The lowest BCUT2D eigenvalue weighted by Crippen LogP contribution is -2.22. The highest BCUT2D eigenvalue weighted by atomic mass is 32.1. The van der Waals surface area contributed by atoms with E-state index in [9.17, 15) is 0 Å². The Hall–Kier alpha value is -0.970. The zero-order valence-electron chi connectivity index (χ0n) is 12.4. The van der Waals surface area contributed by atoms with Crippen molar-refractivity contribution in [2.45, 2.75) is 39.8 Å². The van der Waals surface area contributed by atoms with E-state index < -0.39 is 0 Å². The smallest absolute Gasteiger partial charge is 0.107 e. The lowest BCUT2D eigenvalue weighted by molar-refractivity contribution is 0.288. The molecule has 0 aliphatic carbocycles. The second-order valence-corrected chi connectivity index (χ2v) is 7.61. The fourth-order valence-corrected chi connectivity index (χ4v) is 3.94. The van der Waals surface area contributed by atoms with Crippen molar-refractivity contribution in [1.29, 1.82) is 0 Å². The van der Waals surface area contributed by atoms with Crippen LogP contribution in [0.2, 0.25) is 0 Å². The largest absolute Gasteiger partial charge is 0.288 e. The number of thiazole rings is 1. The molecule has 0 N–H and O–H groups in total. The third kappa shape index (κ3) is 4.27. The average molecular weight is 306 g/mol. The summed E-state index contributed by atoms with van der Waals surface area (Å²) in [6, 6.07) is 4.41. The second-order valence-electron chi connectivity index (χ2n) is 5.29. The Labute approximate surface area is 129 Å². The normalized spacial score (nSPS) is 11.4. The van der Waals surface area contributed by atoms with Crippen LogP contribution in [0.5, 0.6) is 0 Å². The zero-order chi connectivity index (χ0) is 14.5. The van der Waals surface area contributed by atoms with E-state index in [2.05, 4.69) is 49.8 Å². The molecule has 20 heavy (non-hydrogen) atoms. The third-order valence-corrected chi connectivity index (χ3v) is 4.92. The van der Waals surface area contributed by atoms with Gasteiger partial charge in [-0.25, -0.2) is 4.98 Å². The summed E-state index contributed by atoms with van der Waals surface area (Å²) < 4.78 is 0. The minimum Gasteiger partial charge on any atom is -0.288 e. The van der Waals surface area contributed by atoms with Crippen LogP contribution >= 0.6 is 22.7 Å². The summed E-state index contributed by atoms with van der Waals surface area (Å²) in [5.74, 6) is 0.507. The van der Waals surface area contributed by atoms with Crippen LogP contribution < -0.4 is 0 Å². The van der Waals surface area contributed by atoms with Gasteiger partial charge in [0.05, 0.1) is 12.2 Å². The van der Waals surface area contributed by atoms with Gasteiger partial charge in [0, 0.05) is 28.2 Å². The molecule has 0 atom stereocenters. The van der Waals surface area contributed by atoms with Crippen LogP contribution in [0, 0.1) is 6.92 Å². The molecule has 0 saturated heterocycles. The summed E-state index contributed by atoms with van der Waals surface area (Å²) >= 11 is 3.63. The molecule has 0 unspecified atom stereocenters. The van der Waals surface area contributed by atoms with Gasteiger partial charge in [0.25, 0.3) is 0 Å². The SMILES string of the molecule is C=CCN(Cc1ccc(C)s1)Cc1nc(C(C)C)cs1. The Balaban J connectivity index is 2.02. The molecule has 0 amide bonds. The van der Waals surface area contributed by atoms with E-state index in [0.717, 1.165) is 19.6 Å². The first-order valence-electron chi connectivity index (χ1n) is 6.91. The fraction of sp³-hybridized carbons (Fsp3) is 0.438. The van der Waals surface area contributed by atoms with Gasteiger partial charge in [0.15, 0.2) is 0 Å². The molecule has 0 bridgehead atoms. The first-order valence-corrected chi connectivity index (χ1v) is 8.61. The topological polar surface area (TPSA) is 16.1 Å². The lowest BCUT2D eigenvalue weighted by atomic mass is 10.2. The number of nitrogens with zero attached hydrogens (tertiary/aromatic N) is 2. The molecule has 0 radical (unpaired) electrons. The maximum absolute atomic E-state index is 4.72. The van der Waals surface area contributed by atoms with Crippen LogP contribution in [-0.4, -0.2) is 16.4 Å². The lowest BCUT2D eigenvalue weighted by Gasteiger charge is -2.18. The Morgan fingerprint density at radius 1 is 1.35 bits per heavy atom. The van der Waals surface area contributed by atoms with E-state index in [1.54, 1.807) is 11.3 Å². The molecule has 2 nitrogen and oxygen atoms in total. The maximum Gasteiger partial charge on any atom is 0.107 e. The third-order valence-electron chi connectivity index (χ3n) is 3.08. The summed E-state index contributed by atoms with van der Waals surface area (Å²) in [6.07, 6.45) is 1.97. The summed E-state index contributed by atoms with van der Waals surface area (Å²) in [7, 11) is 0. The molecule has 0 fully saturated rings. The number of thiophene rings is 1. The van der Waals surface area contributed by atoms with Crippen molar-refractivity contribution in [2.75, 3.05) is 6.54 Å². The van der Waals surface area contributed by atoms with E-state index in [-0.39, 0.29) is 0 Å². The van der Waals surface area contributed by atoms with Crippen LogP contribution in [0.4, 0.5) is 0 Å². The molecule has 2 heterocycles. The van der Waals surface area contributed by atoms with Gasteiger partial charge in [-0.15, -0.1) is 29.3 Å². The van der Waals surface area contributed by atoms with E-state index in [4.69, 9.17) is 4.98 Å². The van der Waals surface area contributed by atoms with Crippen molar-refractivity contribution in [3.05, 3.63) is 50.6 Å². The first-order chi connectivity index (χ1) is 9.58. The van der Waals surface area contributed by atoms with Crippen LogP contribution in [0.1, 0.15) is 40.2 Å². The van der Waals surface area contributed by atoms with E-state index in [1.807, 2.05) is 17.4 Å². The molecule has 2 aromatic rings. The minimum atomic E-state index is 0.507. The minimum absolute atomic E-state index is 0.507. The molecule has 0 aliphatic rings. The van der Waals surface area contributed by atoms with Crippen LogP contribution in [0.15, 0.2) is 30.2 Å². The van der Waals surface area contributed by atoms with Crippen molar-refractivity contribution in [1.82, 2.24) is 9.88 Å². The number of hydrogen-bond donors (Lipinski definition) is 0. The highest BCUT2D eigenvalue weighted by molar-refractivity contribution is 7.11. The monoisotopic (exact) mass is 306 g/mol. The molecule has 2 rings (SSSR count). The highest BCUT2D eigenvalue weighted by Gasteiger charge is 2.11. The maximum atomic E-state index is 4.72. The fourth-order valence-electron chi connectivity index (χ4n) is 2.01. The van der Waals surface area contributed by atoms with Crippen molar-refractivity contribution < 1.29 is 0 Å². The Morgan fingerprint density at radius 3 is 2.70 bits per heavy atom. The molecule has 0 saturated carbocycles. The van der Waals surface area contributed by atoms with Crippen molar-refractivity contribution >= 4 is 22.7 Å². The van der Waals surface area contributed by atoms with Crippen molar-refractivity contribution in [3.8, 4) is 0 Å².